The monoisotopic (exact) mass is 994 g/mol. The fourth-order valence-corrected chi connectivity index (χ4v) is 13.1. The number of anilines is 4. The highest BCUT2D eigenvalue weighted by Crippen LogP contribution is 2.43. The Balaban J connectivity index is 0.913. The van der Waals surface area contributed by atoms with Gasteiger partial charge in [0.25, 0.3) is 10.0 Å². The third kappa shape index (κ3) is 11.5. The molecular formula is C53H63ClN6O5S3. The zero-order valence-corrected chi connectivity index (χ0v) is 42.6. The molecule has 0 saturated carbocycles. The third-order valence-corrected chi connectivity index (χ3v) is 18.0. The lowest BCUT2D eigenvalue weighted by Gasteiger charge is -2.37. The first-order chi connectivity index (χ1) is 32.7. The van der Waals surface area contributed by atoms with Crippen molar-refractivity contribution in [3.05, 3.63) is 138 Å². The Morgan fingerprint density at radius 1 is 0.750 bits per heavy atom. The van der Waals surface area contributed by atoms with Crippen LogP contribution >= 0.6 is 23.4 Å². The summed E-state index contributed by atoms with van der Waals surface area (Å²) in [4.78, 5) is 8.84. The van der Waals surface area contributed by atoms with E-state index in [0.29, 0.717) is 27.7 Å². The van der Waals surface area contributed by atoms with Crippen molar-refractivity contribution in [3.63, 3.8) is 0 Å². The van der Waals surface area contributed by atoms with Crippen molar-refractivity contribution in [1.82, 2.24) is 9.47 Å². The van der Waals surface area contributed by atoms with Gasteiger partial charge in [-0.05, 0) is 136 Å². The van der Waals surface area contributed by atoms with E-state index in [-0.39, 0.29) is 22.8 Å². The van der Waals surface area contributed by atoms with Crippen LogP contribution in [-0.4, -0.2) is 101 Å². The zero-order chi connectivity index (χ0) is 48.0. The maximum Gasteiger partial charge on any atom is 0.261 e. The number of nitrogens with zero attached hydrogens (tertiary/aromatic N) is 4. The molecule has 360 valence electrons. The number of likely N-dealkylation sites (tertiary alicyclic amines) is 1. The highest BCUT2D eigenvalue weighted by Gasteiger charge is 2.30. The molecule has 68 heavy (non-hydrogen) atoms. The van der Waals surface area contributed by atoms with Gasteiger partial charge in [0, 0.05) is 108 Å². The predicted octanol–water partition coefficient (Wildman–Crippen LogP) is 10.5. The zero-order valence-electron chi connectivity index (χ0n) is 39.4. The van der Waals surface area contributed by atoms with Crippen LogP contribution < -0.4 is 19.8 Å². The van der Waals surface area contributed by atoms with Gasteiger partial charge in [-0.2, -0.15) is 0 Å². The van der Waals surface area contributed by atoms with Crippen LogP contribution in [0, 0.1) is 13.8 Å². The summed E-state index contributed by atoms with van der Waals surface area (Å²) in [6.07, 6.45) is 2.34. The minimum absolute atomic E-state index is 0.000783. The topological polar surface area (TPSA) is 127 Å². The molecule has 0 aliphatic carbocycles. The number of hydrogen-bond acceptors (Lipinski definition) is 10. The number of aliphatic hydroxyl groups excluding tert-OH is 1. The molecule has 3 heterocycles. The van der Waals surface area contributed by atoms with Crippen LogP contribution in [0.1, 0.15) is 44.4 Å². The van der Waals surface area contributed by atoms with Gasteiger partial charge in [-0.1, -0.05) is 61.0 Å². The molecule has 0 radical (unpaired) electrons. The van der Waals surface area contributed by atoms with E-state index in [1.807, 2.05) is 105 Å². The Labute approximate surface area is 412 Å². The molecule has 2 fully saturated rings. The molecule has 1 aromatic heterocycles. The first-order valence-electron chi connectivity index (χ1n) is 23.6. The summed E-state index contributed by atoms with van der Waals surface area (Å²) >= 11 is 8.10. The number of aliphatic hydroxyl groups is 1. The molecule has 0 spiro atoms. The number of hydrogen-bond donors (Lipinski definition) is 3. The van der Waals surface area contributed by atoms with Crippen LogP contribution in [0.15, 0.2) is 136 Å². The molecular weight excluding hydrogens is 932 g/mol. The fourth-order valence-electron chi connectivity index (χ4n) is 9.42. The van der Waals surface area contributed by atoms with Crippen molar-refractivity contribution < 1.29 is 21.9 Å². The first kappa shape index (κ1) is 49.5. The van der Waals surface area contributed by atoms with E-state index in [9.17, 15) is 21.9 Å². The maximum atomic E-state index is 13.8. The van der Waals surface area contributed by atoms with Gasteiger partial charge >= 0.3 is 0 Å². The molecule has 2 saturated heterocycles. The van der Waals surface area contributed by atoms with Crippen LogP contribution in [0.2, 0.25) is 5.02 Å². The highest BCUT2D eigenvalue weighted by atomic mass is 35.5. The largest absolute Gasteiger partial charge is 0.393 e. The minimum atomic E-state index is -3.86. The summed E-state index contributed by atoms with van der Waals surface area (Å²) < 4.78 is 59.9. The maximum absolute atomic E-state index is 13.8. The number of rotatable bonds is 18. The Morgan fingerprint density at radius 2 is 1.43 bits per heavy atom. The van der Waals surface area contributed by atoms with Gasteiger partial charge in [-0.15, -0.1) is 11.8 Å². The van der Waals surface area contributed by atoms with Gasteiger partial charge in [0.15, 0.2) is 9.84 Å². The number of aromatic nitrogens is 1. The number of sulfone groups is 1. The predicted molar refractivity (Wildman–Crippen MR) is 282 cm³/mol. The molecule has 0 amide bonds. The second kappa shape index (κ2) is 21.8. The number of thioether (sulfide) groups is 1. The summed E-state index contributed by atoms with van der Waals surface area (Å²) in [6, 6.07) is 39.1. The van der Waals surface area contributed by atoms with Crippen LogP contribution in [0.5, 0.6) is 0 Å². The Kier molecular flexibility index (Phi) is 15.8. The molecule has 6 aromatic rings. The van der Waals surface area contributed by atoms with E-state index < -0.39 is 19.9 Å². The number of aryl methyl sites for hydroxylation is 1. The van der Waals surface area contributed by atoms with Crippen molar-refractivity contribution >= 4 is 66.0 Å². The number of sulfonamides is 1. The molecule has 5 aromatic carbocycles. The van der Waals surface area contributed by atoms with E-state index in [2.05, 4.69) is 65.7 Å². The van der Waals surface area contributed by atoms with Crippen LogP contribution in [-0.2, 0) is 26.4 Å². The molecule has 1 atom stereocenters. The lowest BCUT2D eigenvalue weighted by molar-refractivity contribution is 0.0817. The molecule has 0 bridgehead atoms. The van der Waals surface area contributed by atoms with Crippen molar-refractivity contribution in [1.29, 1.82) is 0 Å². The molecule has 0 unspecified atom stereocenters. The molecule has 2 aliphatic rings. The van der Waals surface area contributed by atoms with Crippen molar-refractivity contribution in [2.24, 2.45) is 0 Å². The van der Waals surface area contributed by atoms with E-state index in [4.69, 9.17) is 11.6 Å². The quantitative estimate of drug-likeness (QED) is 0.0717. The van der Waals surface area contributed by atoms with E-state index in [0.717, 1.165) is 116 Å². The van der Waals surface area contributed by atoms with Crippen molar-refractivity contribution in [3.8, 4) is 22.4 Å². The summed E-state index contributed by atoms with van der Waals surface area (Å²) in [6.45, 7) is 13.9. The second-order valence-corrected chi connectivity index (χ2v) is 23.2. The summed E-state index contributed by atoms with van der Waals surface area (Å²) in [5.74, 6) is 0.859. The molecule has 8 rings (SSSR count). The minimum Gasteiger partial charge on any atom is -0.393 e. The van der Waals surface area contributed by atoms with Crippen molar-refractivity contribution in [2.45, 2.75) is 80.3 Å². The lowest BCUT2D eigenvalue weighted by atomic mass is 10.00. The average Bonchev–Trinajstić information content (AvgIpc) is 3.66. The van der Waals surface area contributed by atoms with Crippen LogP contribution in [0.4, 0.5) is 22.7 Å². The third-order valence-electron chi connectivity index (χ3n) is 13.3. The fraction of sp³-hybridized carbons (Fsp3) is 0.358. The molecule has 15 heteroatoms. The summed E-state index contributed by atoms with van der Waals surface area (Å²) in [5.41, 5.74) is 8.34. The van der Waals surface area contributed by atoms with E-state index in [1.54, 1.807) is 19.1 Å². The Hall–Kier alpha value is -4.96. The molecule has 2 aliphatic heterocycles. The van der Waals surface area contributed by atoms with Gasteiger partial charge in [0.1, 0.15) is 0 Å². The van der Waals surface area contributed by atoms with E-state index in [1.165, 1.54) is 4.90 Å². The summed E-state index contributed by atoms with van der Waals surface area (Å²) in [5, 5.41) is 14.3. The second-order valence-electron chi connectivity index (χ2n) is 17.8. The standard InChI is InChI=1S/C53H63ClN6O5S3/c1-5-60-39(4)53(67(62,63)6-2)51(52(60)40-15-17-42(54)18-16-40)41-11-10-12-46(36-41)59-33-31-58(32-34-59)45-21-19-43(20-22-45)56-68(64,65)49-23-24-50(38(3)35-49)55-44(37-66-48-13-8-7-9-14-48)25-28-57-29-26-47(61)27-30-57/h7-24,35-36,44,47,55-56,61H,5-6,25-34,37H2,1-4H3/t44-/m1/s1. The number of nitrogens with one attached hydrogen (secondary N) is 2. The van der Waals surface area contributed by atoms with Gasteiger partial charge in [-0.3, -0.25) is 4.72 Å². The SMILES string of the molecule is CCn1c(C)c(S(=O)(=O)CC)c(-c2cccc(N3CCN(c4ccc(NS(=O)(=O)c5ccc(N[C@H](CCN6CCC(O)CC6)CSc6ccccc6)c(C)c5)cc4)CC3)c2)c1-c1ccc(Cl)cc1. The van der Waals surface area contributed by atoms with Gasteiger partial charge in [0.2, 0.25) is 0 Å². The van der Waals surface area contributed by atoms with Crippen LogP contribution in [0.25, 0.3) is 22.4 Å². The van der Waals surface area contributed by atoms with Gasteiger partial charge in [-0.25, -0.2) is 16.8 Å². The molecule has 11 nitrogen and oxygen atoms in total. The Morgan fingerprint density at radius 3 is 2.07 bits per heavy atom. The van der Waals surface area contributed by atoms with Gasteiger partial charge in [0.05, 0.1) is 27.3 Å². The number of piperidine rings is 1. The average molecular weight is 996 g/mol. The number of piperazine rings is 1. The lowest BCUT2D eigenvalue weighted by Crippen LogP contribution is -2.46. The highest BCUT2D eigenvalue weighted by molar-refractivity contribution is 7.99. The van der Waals surface area contributed by atoms with Gasteiger partial charge < -0.3 is 29.7 Å². The number of halogens is 1. The normalized spacial score (nSPS) is 15.7. The van der Waals surface area contributed by atoms with Crippen LogP contribution in [0.3, 0.4) is 0 Å². The van der Waals surface area contributed by atoms with Crippen molar-refractivity contribution in [2.75, 3.05) is 77.2 Å². The molecule has 3 N–H and O–H groups in total. The number of benzene rings is 5. The first-order valence-corrected chi connectivity index (χ1v) is 28.1. The van der Waals surface area contributed by atoms with E-state index >= 15 is 0 Å². The smallest absolute Gasteiger partial charge is 0.261 e. The summed E-state index contributed by atoms with van der Waals surface area (Å²) in [7, 11) is -7.44. The Bertz CT molecular complexity index is 2880.